The molecule has 102 valence electrons. The highest BCUT2D eigenvalue weighted by atomic mass is 19.3. The number of rotatable bonds is 1. The second kappa shape index (κ2) is 4.11. The minimum absolute atomic E-state index is 0.188. The highest BCUT2D eigenvalue weighted by Crippen LogP contribution is 2.37. The number of aryl methyl sites for hydroxylation is 1. The zero-order valence-corrected chi connectivity index (χ0v) is 10.5. The molecule has 2 aromatic rings. The third-order valence-corrected chi connectivity index (χ3v) is 3.62. The summed E-state index contributed by atoms with van der Waals surface area (Å²) in [4.78, 5) is 12.2. The fourth-order valence-electron chi connectivity index (χ4n) is 2.58. The van der Waals surface area contributed by atoms with Crippen LogP contribution in [0.1, 0.15) is 31.7 Å². The van der Waals surface area contributed by atoms with Crippen molar-refractivity contribution in [1.82, 2.24) is 19.6 Å². The van der Waals surface area contributed by atoms with Gasteiger partial charge in [-0.1, -0.05) is 0 Å². The van der Waals surface area contributed by atoms with Crippen LogP contribution in [0.25, 0.3) is 10.9 Å². The summed E-state index contributed by atoms with van der Waals surface area (Å²) in [5.41, 5.74) is 0.0446. The quantitative estimate of drug-likeness (QED) is 0.793. The van der Waals surface area contributed by atoms with E-state index in [0.29, 0.717) is 10.9 Å². The van der Waals surface area contributed by atoms with E-state index in [2.05, 4.69) is 10.2 Å². The summed E-state index contributed by atoms with van der Waals surface area (Å²) < 4.78 is 29.1. The van der Waals surface area contributed by atoms with Crippen molar-refractivity contribution in [2.75, 3.05) is 0 Å². The predicted octanol–water partition coefficient (Wildman–Crippen LogP) is 1.88. The number of fused-ring (bicyclic) bond motifs is 1. The Bertz CT molecular complexity index is 666. The maximum atomic E-state index is 13.1. The summed E-state index contributed by atoms with van der Waals surface area (Å²) in [6.07, 6.45) is 3.45. The van der Waals surface area contributed by atoms with Crippen molar-refractivity contribution in [1.29, 1.82) is 0 Å². The Kier molecular flexibility index (Phi) is 2.65. The first-order chi connectivity index (χ1) is 8.96. The van der Waals surface area contributed by atoms with Gasteiger partial charge in [0.25, 0.3) is 5.56 Å². The van der Waals surface area contributed by atoms with E-state index in [4.69, 9.17) is 0 Å². The van der Waals surface area contributed by atoms with Crippen molar-refractivity contribution in [2.24, 2.45) is 7.05 Å². The van der Waals surface area contributed by atoms with E-state index < -0.39 is 5.92 Å². The van der Waals surface area contributed by atoms with Gasteiger partial charge in [-0.15, -0.1) is 0 Å². The van der Waals surface area contributed by atoms with E-state index in [-0.39, 0.29) is 37.3 Å². The van der Waals surface area contributed by atoms with Gasteiger partial charge >= 0.3 is 0 Å². The maximum Gasteiger partial charge on any atom is 0.295 e. The third kappa shape index (κ3) is 2.13. The zero-order valence-electron chi connectivity index (χ0n) is 10.5. The van der Waals surface area contributed by atoms with Crippen molar-refractivity contribution in [3.8, 4) is 0 Å². The Hall–Kier alpha value is -1.79. The van der Waals surface area contributed by atoms with Gasteiger partial charge in [-0.05, 0) is 12.8 Å². The molecule has 0 spiro atoms. The average molecular weight is 268 g/mol. The van der Waals surface area contributed by atoms with E-state index in [1.807, 2.05) is 0 Å². The molecule has 0 amide bonds. The van der Waals surface area contributed by atoms with Crippen molar-refractivity contribution in [2.45, 2.75) is 37.6 Å². The van der Waals surface area contributed by atoms with Gasteiger partial charge in [-0.25, -0.2) is 13.5 Å². The number of nitrogens with zero attached hydrogens (tertiary/aromatic N) is 4. The monoisotopic (exact) mass is 268 g/mol. The summed E-state index contributed by atoms with van der Waals surface area (Å²) >= 11 is 0. The second-order valence-corrected chi connectivity index (χ2v) is 5.09. The molecular formula is C12H14F2N4O. The fourth-order valence-corrected chi connectivity index (χ4v) is 2.58. The molecule has 19 heavy (non-hydrogen) atoms. The first-order valence-electron chi connectivity index (χ1n) is 6.25. The van der Waals surface area contributed by atoms with Gasteiger partial charge in [0.1, 0.15) is 0 Å². The second-order valence-electron chi connectivity index (χ2n) is 5.09. The minimum atomic E-state index is -2.60. The highest BCUT2D eigenvalue weighted by Gasteiger charge is 2.36. The lowest BCUT2D eigenvalue weighted by Gasteiger charge is -2.28. The van der Waals surface area contributed by atoms with E-state index in [0.717, 1.165) is 0 Å². The molecule has 1 saturated carbocycles. The van der Waals surface area contributed by atoms with Gasteiger partial charge in [0.05, 0.1) is 12.2 Å². The molecule has 7 heteroatoms. The Morgan fingerprint density at radius 1 is 1.37 bits per heavy atom. The van der Waals surface area contributed by atoms with Gasteiger partial charge in [-0.3, -0.25) is 9.48 Å². The lowest BCUT2D eigenvalue weighted by Crippen LogP contribution is -2.33. The van der Waals surface area contributed by atoms with Gasteiger partial charge in [-0.2, -0.15) is 10.2 Å². The van der Waals surface area contributed by atoms with Gasteiger partial charge in [0.2, 0.25) is 5.92 Å². The summed E-state index contributed by atoms with van der Waals surface area (Å²) in [6, 6.07) is -0.251. The van der Waals surface area contributed by atoms with Gasteiger partial charge < -0.3 is 0 Å². The van der Waals surface area contributed by atoms with Crippen LogP contribution < -0.4 is 5.56 Å². The molecule has 1 aliphatic carbocycles. The molecule has 0 bridgehead atoms. The van der Waals surface area contributed by atoms with Crippen molar-refractivity contribution >= 4 is 10.9 Å². The van der Waals surface area contributed by atoms with E-state index in [1.54, 1.807) is 24.1 Å². The molecular weight excluding hydrogens is 254 g/mol. The molecule has 2 heterocycles. The standard InChI is InChI=1S/C12H14F2N4O/c1-17-7-8-6-15-18(11(19)10(8)16-17)9-2-4-12(13,14)5-3-9/h6-7,9H,2-5H2,1H3. The Morgan fingerprint density at radius 2 is 2.05 bits per heavy atom. The molecule has 2 aromatic heterocycles. The summed E-state index contributed by atoms with van der Waals surface area (Å²) in [7, 11) is 1.73. The van der Waals surface area contributed by atoms with Crippen LogP contribution in [0.2, 0.25) is 0 Å². The number of hydrogen-bond acceptors (Lipinski definition) is 3. The summed E-state index contributed by atoms with van der Waals surface area (Å²) in [5, 5.41) is 8.86. The SMILES string of the molecule is Cn1cc2cnn(C3CCC(F)(F)CC3)c(=O)c2n1. The van der Waals surface area contributed by atoms with Crippen LogP contribution in [-0.2, 0) is 7.05 Å². The first-order valence-corrected chi connectivity index (χ1v) is 6.25. The highest BCUT2D eigenvalue weighted by molar-refractivity contribution is 5.75. The van der Waals surface area contributed by atoms with E-state index in [9.17, 15) is 13.6 Å². The van der Waals surface area contributed by atoms with Crippen LogP contribution in [0.5, 0.6) is 0 Å². The van der Waals surface area contributed by atoms with E-state index >= 15 is 0 Å². The molecule has 3 rings (SSSR count). The predicted molar refractivity (Wildman–Crippen MR) is 65.2 cm³/mol. The number of hydrogen-bond donors (Lipinski definition) is 0. The fraction of sp³-hybridized carbons (Fsp3) is 0.583. The van der Waals surface area contributed by atoms with Gasteiger partial charge in [0.15, 0.2) is 5.52 Å². The van der Waals surface area contributed by atoms with Gasteiger partial charge in [0, 0.05) is 31.5 Å². The number of aromatic nitrogens is 4. The van der Waals surface area contributed by atoms with Crippen molar-refractivity contribution in [3.63, 3.8) is 0 Å². The average Bonchev–Trinajstić information content (AvgIpc) is 2.72. The molecule has 0 radical (unpaired) electrons. The maximum absolute atomic E-state index is 13.1. The first kappa shape index (κ1) is 12.3. The normalized spacial score (nSPS) is 19.9. The molecule has 5 nitrogen and oxygen atoms in total. The molecule has 0 unspecified atom stereocenters. The van der Waals surface area contributed by atoms with Crippen LogP contribution in [0, 0.1) is 0 Å². The molecule has 0 aromatic carbocycles. The molecule has 0 atom stereocenters. The summed E-state index contributed by atoms with van der Waals surface area (Å²) in [6.45, 7) is 0. The van der Waals surface area contributed by atoms with Crippen LogP contribution in [0.15, 0.2) is 17.2 Å². The lowest BCUT2D eigenvalue weighted by atomic mass is 9.92. The van der Waals surface area contributed by atoms with Crippen LogP contribution in [-0.4, -0.2) is 25.5 Å². The summed E-state index contributed by atoms with van der Waals surface area (Å²) in [5.74, 6) is -2.60. The third-order valence-electron chi connectivity index (χ3n) is 3.62. The van der Waals surface area contributed by atoms with Crippen LogP contribution in [0.4, 0.5) is 8.78 Å². The number of halogens is 2. The van der Waals surface area contributed by atoms with Crippen molar-refractivity contribution < 1.29 is 8.78 Å². The number of alkyl halides is 2. The minimum Gasteiger partial charge on any atom is -0.274 e. The molecule has 0 aliphatic heterocycles. The Labute approximate surface area is 107 Å². The van der Waals surface area contributed by atoms with Crippen LogP contribution >= 0.6 is 0 Å². The molecule has 0 saturated heterocycles. The van der Waals surface area contributed by atoms with Crippen LogP contribution in [0.3, 0.4) is 0 Å². The lowest BCUT2D eigenvalue weighted by molar-refractivity contribution is -0.0453. The largest absolute Gasteiger partial charge is 0.295 e. The Balaban J connectivity index is 1.98. The molecule has 1 aliphatic rings. The topological polar surface area (TPSA) is 52.7 Å². The molecule has 0 N–H and O–H groups in total. The van der Waals surface area contributed by atoms with Crippen molar-refractivity contribution in [3.05, 3.63) is 22.7 Å². The Morgan fingerprint density at radius 3 is 2.74 bits per heavy atom. The smallest absolute Gasteiger partial charge is 0.274 e. The van der Waals surface area contributed by atoms with E-state index in [1.165, 1.54) is 4.68 Å². The zero-order chi connectivity index (χ0) is 13.6. The molecule has 1 fully saturated rings.